The van der Waals surface area contributed by atoms with Gasteiger partial charge in [0.25, 0.3) is 5.56 Å². The van der Waals surface area contributed by atoms with E-state index in [0.717, 1.165) is 19.6 Å². The molecule has 2 N–H and O–H groups in total. The number of hydrogen-bond acceptors (Lipinski definition) is 5. The van der Waals surface area contributed by atoms with Crippen LogP contribution in [0.3, 0.4) is 0 Å². The minimum Gasteiger partial charge on any atom is -0.355 e. The van der Waals surface area contributed by atoms with Gasteiger partial charge in [-0.15, -0.1) is 10.2 Å². The number of carbonyl (C=O) groups excluding carboxylic acids is 1. The Hall–Kier alpha value is -2.25. The molecule has 2 heterocycles. The van der Waals surface area contributed by atoms with E-state index in [2.05, 4.69) is 25.4 Å². The van der Waals surface area contributed by atoms with Crippen molar-refractivity contribution in [2.45, 2.75) is 32.1 Å². The number of carbonyl (C=O) groups is 1. The van der Waals surface area contributed by atoms with E-state index in [1.807, 2.05) is 0 Å². The van der Waals surface area contributed by atoms with E-state index < -0.39 is 0 Å². The lowest BCUT2D eigenvalue weighted by Crippen LogP contribution is -2.37. The van der Waals surface area contributed by atoms with E-state index in [1.165, 1.54) is 19.3 Å². The fourth-order valence-electron chi connectivity index (χ4n) is 3.15. The summed E-state index contributed by atoms with van der Waals surface area (Å²) in [6.45, 7) is 3.73. The molecule has 0 saturated carbocycles. The third-order valence-corrected chi connectivity index (χ3v) is 4.89. The lowest BCUT2D eigenvalue weighted by Gasteiger charge is -2.26. The molecule has 0 radical (unpaired) electrons. The molecular weight excluding hydrogens is 366 g/mol. The standard InChI is InChI=1S/C19H24ClN5O2/c20-15-6-4-5-14(13-15)18-22-19(27)16(23-24-18)7-8-17(26)21-9-12-25-10-2-1-3-11-25/h4-6,13H,1-3,7-12H2,(H,21,26)(H,22,24,27). The quantitative estimate of drug-likeness (QED) is 0.756. The Bertz CT molecular complexity index is 833. The van der Waals surface area contributed by atoms with Gasteiger partial charge in [-0.3, -0.25) is 9.59 Å². The molecule has 144 valence electrons. The van der Waals surface area contributed by atoms with E-state index in [-0.39, 0.29) is 30.0 Å². The number of aryl methyl sites for hydroxylation is 1. The molecule has 0 unspecified atom stereocenters. The van der Waals surface area contributed by atoms with Crippen molar-refractivity contribution in [3.63, 3.8) is 0 Å². The number of hydrogen-bond donors (Lipinski definition) is 2. The maximum absolute atomic E-state index is 12.2. The van der Waals surface area contributed by atoms with Gasteiger partial charge in [-0.25, -0.2) is 0 Å². The Labute approximate surface area is 163 Å². The number of nitrogens with one attached hydrogen (secondary N) is 2. The number of likely N-dealkylation sites (tertiary alicyclic amines) is 1. The summed E-state index contributed by atoms with van der Waals surface area (Å²) < 4.78 is 0. The highest BCUT2D eigenvalue weighted by Gasteiger charge is 2.12. The van der Waals surface area contributed by atoms with Crippen LogP contribution in [-0.2, 0) is 11.2 Å². The van der Waals surface area contributed by atoms with Gasteiger partial charge in [-0.05, 0) is 38.1 Å². The third-order valence-electron chi connectivity index (χ3n) is 4.65. The number of amides is 1. The highest BCUT2D eigenvalue weighted by Crippen LogP contribution is 2.17. The second-order valence-corrected chi connectivity index (χ2v) is 7.15. The molecule has 7 nitrogen and oxygen atoms in total. The number of H-pyrrole nitrogens is 1. The third kappa shape index (κ3) is 5.87. The van der Waals surface area contributed by atoms with Crippen LogP contribution in [-0.4, -0.2) is 52.2 Å². The van der Waals surface area contributed by atoms with Crippen molar-refractivity contribution >= 4 is 17.5 Å². The molecule has 1 saturated heterocycles. The van der Waals surface area contributed by atoms with Gasteiger partial charge >= 0.3 is 0 Å². The Morgan fingerprint density at radius 3 is 2.78 bits per heavy atom. The predicted octanol–water partition coefficient (Wildman–Crippen LogP) is 2.02. The van der Waals surface area contributed by atoms with Gasteiger partial charge in [0.15, 0.2) is 5.82 Å². The highest BCUT2D eigenvalue weighted by atomic mass is 35.5. The molecule has 0 bridgehead atoms. The summed E-state index contributed by atoms with van der Waals surface area (Å²) in [5.74, 6) is 0.282. The van der Waals surface area contributed by atoms with Gasteiger partial charge in [-0.2, -0.15) is 0 Å². The first-order valence-corrected chi connectivity index (χ1v) is 9.70. The van der Waals surface area contributed by atoms with Crippen molar-refractivity contribution in [3.05, 3.63) is 45.3 Å². The molecule has 1 aliphatic rings. The first-order valence-electron chi connectivity index (χ1n) is 9.33. The van der Waals surface area contributed by atoms with Crippen LogP contribution < -0.4 is 10.9 Å². The van der Waals surface area contributed by atoms with E-state index in [9.17, 15) is 9.59 Å². The molecule has 1 aromatic carbocycles. The summed E-state index contributed by atoms with van der Waals surface area (Å²) >= 11 is 5.95. The normalized spacial score (nSPS) is 14.9. The first-order chi connectivity index (χ1) is 13.1. The van der Waals surface area contributed by atoms with E-state index >= 15 is 0 Å². The molecule has 0 aliphatic carbocycles. The second-order valence-electron chi connectivity index (χ2n) is 6.71. The van der Waals surface area contributed by atoms with E-state index in [4.69, 9.17) is 11.6 Å². The summed E-state index contributed by atoms with van der Waals surface area (Å²) in [4.78, 5) is 29.3. The van der Waals surface area contributed by atoms with Crippen LogP contribution in [0.15, 0.2) is 29.1 Å². The molecule has 0 spiro atoms. The van der Waals surface area contributed by atoms with E-state index in [1.54, 1.807) is 24.3 Å². The van der Waals surface area contributed by atoms with Crippen LogP contribution in [0, 0.1) is 0 Å². The Morgan fingerprint density at radius 2 is 2.04 bits per heavy atom. The maximum atomic E-state index is 12.2. The Balaban J connectivity index is 1.47. The molecule has 3 rings (SSSR count). The Kier molecular flexibility index (Phi) is 6.95. The maximum Gasteiger partial charge on any atom is 0.273 e. The lowest BCUT2D eigenvalue weighted by molar-refractivity contribution is -0.121. The lowest BCUT2D eigenvalue weighted by atomic mass is 10.1. The minimum absolute atomic E-state index is 0.0767. The van der Waals surface area contributed by atoms with Crippen molar-refractivity contribution in [2.75, 3.05) is 26.2 Å². The summed E-state index contributed by atoms with van der Waals surface area (Å²) in [5.41, 5.74) is 0.613. The summed E-state index contributed by atoms with van der Waals surface area (Å²) in [5, 5.41) is 11.5. The van der Waals surface area contributed by atoms with Crippen LogP contribution in [0.2, 0.25) is 5.02 Å². The van der Waals surface area contributed by atoms with Gasteiger partial charge < -0.3 is 15.2 Å². The number of aromatic amines is 1. The molecule has 1 aliphatic heterocycles. The largest absolute Gasteiger partial charge is 0.355 e. The summed E-state index contributed by atoms with van der Waals surface area (Å²) in [6.07, 6.45) is 4.25. The first kappa shape index (κ1) is 19.5. The molecule has 8 heteroatoms. The monoisotopic (exact) mass is 389 g/mol. The second kappa shape index (κ2) is 9.62. The molecule has 1 amide bonds. The van der Waals surface area contributed by atoms with Crippen LogP contribution in [0.1, 0.15) is 31.4 Å². The van der Waals surface area contributed by atoms with Gasteiger partial charge in [0.1, 0.15) is 5.69 Å². The molecule has 1 aromatic heterocycles. The zero-order valence-electron chi connectivity index (χ0n) is 15.2. The van der Waals surface area contributed by atoms with Crippen molar-refractivity contribution in [3.8, 4) is 11.4 Å². The smallest absolute Gasteiger partial charge is 0.273 e. The number of aromatic nitrogens is 3. The van der Waals surface area contributed by atoms with Crippen LogP contribution in [0.25, 0.3) is 11.4 Å². The summed E-state index contributed by atoms with van der Waals surface area (Å²) in [7, 11) is 0. The molecule has 27 heavy (non-hydrogen) atoms. The number of rotatable bonds is 7. The summed E-state index contributed by atoms with van der Waals surface area (Å²) in [6, 6.07) is 7.02. The average Bonchev–Trinajstić information content (AvgIpc) is 2.68. The zero-order chi connectivity index (χ0) is 19.1. The highest BCUT2D eigenvalue weighted by molar-refractivity contribution is 6.30. The number of halogens is 1. The van der Waals surface area contributed by atoms with Crippen molar-refractivity contribution < 1.29 is 4.79 Å². The SMILES string of the molecule is O=C(CCc1nnc(-c2cccc(Cl)c2)[nH]c1=O)NCCN1CCCCC1. The number of benzene rings is 1. The molecular formula is C19H24ClN5O2. The molecule has 1 fully saturated rings. The van der Waals surface area contributed by atoms with Crippen LogP contribution >= 0.6 is 11.6 Å². The fourth-order valence-corrected chi connectivity index (χ4v) is 3.34. The van der Waals surface area contributed by atoms with Crippen molar-refractivity contribution in [1.82, 2.24) is 25.4 Å². The van der Waals surface area contributed by atoms with Crippen molar-refractivity contribution in [1.29, 1.82) is 0 Å². The predicted molar refractivity (Wildman–Crippen MR) is 105 cm³/mol. The minimum atomic E-state index is -0.332. The van der Waals surface area contributed by atoms with Crippen LogP contribution in [0.4, 0.5) is 0 Å². The van der Waals surface area contributed by atoms with Gasteiger partial charge in [0.05, 0.1) is 0 Å². The average molecular weight is 390 g/mol. The fraction of sp³-hybridized carbons (Fsp3) is 0.474. The topological polar surface area (TPSA) is 91.0 Å². The van der Waals surface area contributed by atoms with Crippen LogP contribution in [0.5, 0.6) is 0 Å². The zero-order valence-corrected chi connectivity index (χ0v) is 16.0. The Morgan fingerprint density at radius 1 is 1.22 bits per heavy atom. The molecule has 0 atom stereocenters. The number of nitrogens with zero attached hydrogens (tertiary/aromatic N) is 3. The van der Waals surface area contributed by atoms with E-state index in [0.29, 0.717) is 23.0 Å². The van der Waals surface area contributed by atoms with Crippen molar-refractivity contribution in [2.24, 2.45) is 0 Å². The molecule has 2 aromatic rings. The number of piperidine rings is 1. The van der Waals surface area contributed by atoms with Gasteiger partial charge in [0, 0.05) is 36.5 Å². The van der Waals surface area contributed by atoms with Gasteiger partial charge in [-0.1, -0.05) is 30.2 Å². The van der Waals surface area contributed by atoms with Gasteiger partial charge in [0.2, 0.25) is 5.91 Å².